The highest BCUT2D eigenvalue weighted by Crippen LogP contribution is 2.27. The molecule has 1 aliphatic rings. The summed E-state index contributed by atoms with van der Waals surface area (Å²) in [5, 5.41) is 3.64. The van der Waals surface area contributed by atoms with Gasteiger partial charge in [-0.25, -0.2) is 4.98 Å². The molecule has 3 heterocycles. The number of nitrogens with zero attached hydrogens (tertiary/aromatic N) is 4. The highest BCUT2D eigenvalue weighted by molar-refractivity contribution is 5.85. The Hall–Kier alpha value is -3.39. The van der Waals surface area contributed by atoms with Gasteiger partial charge < -0.3 is 15.0 Å². The number of pyridine rings is 1. The van der Waals surface area contributed by atoms with Crippen LogP contribution < -0.4 is 20.5 Å². The highest BCUT2D eigenvalue weighted by Gasteiger charge is 2.25. The van der Waals surface area contributed by atoms with E-state index in [-0.39, 0.29) is 42.5 Å². The van der Waals surface area contributed by atoms with Crippen LogP contribution in [0.4, 0.5) is 5.95 Å². The number of rotatable bonds is 6. The van der Waals surface area contributed by atoms with Gasteiger partial charge in [-0.3, -0.25) is 14.3 Å². The van der Waals surface area contributed by atoms with Crippen molar-refractivity contribution in [3.8, 4) is 28.1 Å². The van der Waals surface area contributed by atoms with Gasteiger partial charge in [-0.05, 0) is 54.8 Å². The minimum Gasteiger partial charge on any atom is -0.497 e. The van der Waals surface area contributed by atoms with Gasteiger partial charge in [-0.1, -0.05) is 36.4 Å². The molecule has 0 saturated carbocycles. The zero-order chi connectivity index (χ0) is 25.1. The molecule has 1 aliphatic heterocycles. The fraction of sp³-hybridized carbons (Fsp3) is 0.276. The number of hydrogen-bond donors (Lipinski definition) is 1. The number of methoxy groups -OCH3 is 1. The highest BCUT2D eigenvalue weighted by atomic mass is 35.5. The van der Waals surface area contributed by atoms with Crippen LogP contribution in [0.2, 0.25) is 0 Å². The first-order valence-corrected chi connectivity index (χ1v) is 12.3. The van der Waals surface area contributed by atoms with Crippen LogP contribution in [0.25, 0.3) is 22.4 Å². The maximum Gasteiger partial charge on any atom is 0.255 e. The Labute approximate surface area is 235 Å². The lowest BCUT2D eigenvalue weighted by molar-refractivity contribution is 0.415. The standard InChI is InChI=1S/C29H31N5O2.2ClH/c1-20(2)34-28(35)18-26(24-12-14-30-15-13-24)32-29(34)33-17-16-31-27(19-33)23-6-4-21(5-7-23)22-8-10-25(36-3)11-9-22;;/h4-15,18,20,27,31H,16-17,19H2,1-3H3;2*1H/t27-;;/m1../s1. The summed E-state index contributed by atoms with van der Waals surface area (Å²) in [6.07, 6.45) is 3.45. The zero-order valence-corrected chi connectivity index (χ0v) is 23.3. The van der Waals surface area contributed by atoms with Crippen molar-refractivity contribution in [2.45, 2.75) is 25.9 Å². The molecule has 200 valence electrons. The van der Waals surface area contributed by atoms with Crippen LogP contribution in [-0.2, 0) is 0 Å². The van der Waals surface area contributed by atoms with E-state index >= 15 is 0 Å². The summed E-state index contributed by atoms with van der Waals surface area (Å²) < 4.78 is 7.06. The normalized spacial score (nSPS) is 14.9. The first kappa shape index (κ1) is 29.2. The van der Waals surface area contributed by atoms with E-state index in [1.54, 1.807) is 30.1 Å². The Kier molecular flexibility index (Phi) is 9.91. The second-order valence-corrected chi connectivity index (χ2v) is 9.28. The molecule has 7 nitrogen and oxygen atoms in total. The molecule has 0 bridgehead atoms. The summed E-state index contributed by atoms with van der Waals surface area (Å²) in [6, 6.07) is 22.3. The lowest BCUT2D eigenvalue weighted by Gasteiger charge is -2.36. The maximum atomic E-state index is 13.1. The molecule has 0 amide bonds. The second-order valence-electron chi connectivity index (χ2n) is 9.28. The third-order valence-corrected chi connectivity index (χ3v) is 6.62. The number of ether oxygens (including phenoxy) is 1. The monoisotopic (exact) mass is 553 g/mol. The third-order valence-electron chi connectivity index (χ3n) is 6.62. The molecule has 1 fully saturated rings. The van der Waals surface area contributed by atoms with Gasteiger partial charge in [0.05, 0.1) is 12.8 Å². The molecule has 38 heavy (non-hydrogen) atoms. The minimum absolute atomic E-state index is 0. The average molecular weight is 555 g/mol. The predicted molar refractivity (Wildman–Crippen MR) is 158 cm³/mol. The smallest absolute Gasteiger partial charge is 0.255 e. The molecule has 4 aromatic rings. The number of anilines is 1. The van der Waals surface area contributed by atoms with Gasteiger partial charge in [-0.15, -0.1) is 24.8 Å². The minimum atomic E-state index is -0.0410. The summed E-state index contributed by atoms with van der Waals surface area (Å²) in [7, 11) is 1.68. The number of halogens is 2. The third kappa shape index (κ3) is 6.18. The van der Waals surface area contributed by atoms with Gasteiger partial charge in [0.1, 0.15) is 5.75 Å². The van der Waals surface area contributed by atoms with E-state index in [1.165, 1.54) is 5.56 Å². The van der Waals surface area contributed by atoms with E-state index in [0.717, 1.165) is 42.1 Å². The van der Waals surface area contributed by atoms with E-state index in [2.05, 4.69) is 51.6 Å². The molecule has 0 spiro atoms. The number of benzene rings is 2. The molecule has 0 aliphatic carbocycles. The van der Waals surface area contributed by atoms with Crippen molar-refractivity contribution in [2.24, 2.45) is 0 Å². The SMILES string of the molecule is COc1ccc(-c2ccc([C@H]3CN(c4nc(-c5ccncc5)cc(=O)n4C(C)C)CCN3)cc2)cc1.Cl.Cl. The number of hydrogen-bond acceptors (Lipinski definition) is 6. The van der Waals surface area contributed by atoms with E-state index in [9.17, 15) is 4.79 Å². The molecular formula is C29H33Cl2N5O2. The summed E-state index contributed by atoms with van der Waals surface area (Å²) in [6.45, 7) is 6.35. The lowest BCUT2D eigenvalue weighted by atomic mass is 9.99. The van der Waals surface area contributed by atoms with Gasteiger partial charge in [0.15, 0.2) is 0 Å². The van der Waals surface area contributed by atoms with Gasteiger partial charge in [0.2, 0.25) is 5.95 Å². The number of nitrogens with one attached hydrogen (secondary N) is 1. The molecule has 1 N–H and O–H groups in total. The molecular weight excluding hydrogens is 521 g/mol. The predicted octanol–water partition coefficient (Wildman–Crippen LogP) is 5.56. The van der Waals surface area contributed by atoms with Crippen molar-refractivity contribution in [3.05, 3.63) is 95.0 Å². The summed E-state index contributed by atoms with van der Waals surface area (Å²) in [5.41, 5.74) is 5.04. The molecule has 2 aromatic heterocycles. The molecule has 0 radical (unpaired) electrons. The van der Waals surface area contributed by atoms with Crippen LogP contribution in [0.3, 0.4) is 0 Å². The Balaban J connectivity index is 0.00000200. The van der Waals surface area contributed by atoms with Crippen molar-refractivity contribution in [3.63, 3.8) is 0 Å². The Morgan fingerprint density at radius 2 is 1.55 bits per heavy atom. The Morgan fingerprint density at radius 3 is 2.16 bits per heavy atom. The number of piperazine rings is 1. The van der Waals surface area contributed by atoms with Gasteiger partial charge in [-0.2, -0.15) is 0 Å². The molecule has 9 heteroatoms. The van der Waals surface area contributed by atoms with Crippen molar-refractivity contribution in [1.29, 1.82) is 0 Å². The Morgan fingerprint density at radius 1 is 0.921 bits per heavy atom. The van der Waals surface area contributed by atoms with Crippen molar-refractivity contribution >= 4 is 30.8 Å². The molecule has 1 saturated heterocycles. The van der Waals surface area contributed by atoms with Crippen molar-refractivity contribution in [2.75, 3.05) is 31.6 Å². The van der Waals surface area contributed by atoms with Crippen LogP contribution in [-0.4, -0.2) is 41.3 Å². The van der Waals surface area contributed by atoms with E-state index in [4.69, 9.17) is 9.72 Å². The van der Waals surface area contributed by atoms with Crippen molar-refractivity contribution in [1.82, 2.24) is 19.9 Å². The summed E-state index contributed by atoms with van der Waals surface area (Å²) in [4.78, 5) is 24.4. The van der Waals surface area contributed by atoms with Crippen LogP contribution in [0.5, 0.6) is 5.75 Å². The van der Waals surface area contributed by atoms with E-state index in [1.807, 2.05) is 38.1 Å². The fourth-order valence-electron chi connectivity index (χ4n) is 4.70. The Bertz CT molecular complexity index is 1380. The fourth-order valence-corrected chi connectivity index (χ4v) is 4.70. The first-order chi connectivity index (χ1) is 17.5. The van der Waals surface area contributed by atoms with E-state index < -0.39 is 0 Å². The lowest BCUT2D eigenvalue weighted by Crippen LogP contribution is -2.48. The largest absolute Gasteiger partial charge is 0.497 e. The summed E-state index contributed by atoms with van der Waals surface area (Å²) in [5.74, 6) is 1.56. The molecule has 1 atom stereocenters. The van der Waals surface area contributed by atoms with Crippen molar-refractivity contribution < 1.29 is 4.74 Å². The summed E-state index contributed by atoms with van der Waals surface area (Å²) >= 11 is 0. The van der Waals surface area contributed by atoms with Crippen LogP contribution >= 0.6 is 24.8 Å². The first-order valence-electron chi connectivity index (χ1n) is 12.3. The number of aromatic nitrogens is 3. The van der Waals surface area contributed by atoms with Gasteiger partial charge >= 0.3 is 0 Å². The maximum absolute atomic E-state index is 13.1. The quantitative estimate of drug-likeness (QED) is 0.337. The van der Waals surface area contributed by atoms with Crippen LogP contribution in [0.1, 0.15) is 31.5 Å². The molecule has 2 aromatic carbocycles. The van der Waals surface area contributed by atoms with E-state index in [0.29, 0.717) is 11.6 Å². The second kappa shape index (κ2) is 12.9. The topological polar surface area (TPSA) is 72.3 Å². The van der Waals surface area contributed by atoms with Gasteiger partial charge in [0, 0.05) is 55.7 Å². The van der Waals surface area contributed by atoms with Gasteiger partial charge in [0.25, 0.3) is 5.56 Å². The zero-order valence-electron chi connectivity index (χ0n) is 21.7. The molecule has 5 rings (SSSR count). The van der Waals surface area contributed by atoms with Crippen LogP contribution in [0, 0.1) is 0 Å². The average Bonchev–Trinajstić information content (AvgIpc) is 2.93. The van der Waals surface area contributed by atoms with Crippen LogP contribution in [0.15, 0.2) is 83.9 Å². The molecule has 0 unspecified atom stereocenters.